The van der Waals surface area contributed by atoms with Crippen LogP contribution in [0.2, 0.25) is 0 Å². The van der Waals surface area contributed by atoms with Crippen molar-refractivity contribution in [3.63, 3.8) is 0 Å². The van der Waals surface area contributed by atoms with Crippen molar-refractivity contribution in [3.8, 4) is 5.75 Å². The highest BCUT2D eigenvalue weighted by molar-refractivity contribution is 5.33. The van der Waals surface area contributed by atoms with Crippen LogP contribution >= 0.6 is 0 Å². The van der Waals surface area contributed by atoms with Crippen LogP contribution in [0, 0.1) is 0 Å². The number of likely N-dealkylation sites (N-methyl/N-ethyl adjacent to an activating group) is 1. The minimum Gasteiger partial charge on any atom is -0.496 e. The van der Waals surface area contributed by atoms with Crippen LogP contribution in [0.15, 0.2) is 24.3 Å². The third-order valence-electron chi connectivity index (χ3n) is 3.82. The Labute approximate surface area is 121 Å². The van der Waals surface area contributed by atoms with E-state index in [1.165, 1.54) is 0 Å². The van der Waals surface area contributed by atoms with Crippen molar-refractivity contribution in [1.82, 2.24) is 4.90 Å². The molecular weight excluding hydrogens is 256 g/mol. The monoisotopic (exact) mass is 282 g/mol. The maximum atomic E-state index is 5.95. The molecule has 0 fully saturated rings. The van der Waals surface area contributed by atoms with Gasteiger partial charge in [0.25, 0.3) is 0 Å². The number of ether oxygens (including phenoxy) is 3. The molecule has 1 rings (SSSR count). The van der Waals surface area contributed by atoms with E-state index < -0.39 is 11.8 Å². The van der Waals surface area contributed by atoms with E-state index in [1.807, 2.05) is 38.2 Å². The predicted molar refractivity (Wildman–Crippen MR) is 79.7 cm³/mol. The van der Waals surface area contributed by atoms with E-state index in [9.17, 15) is 0 Å². The number of rotatable bonds is 8. The molecule has 1 aromatic carbocycles. The predicted octanol–water partition coefficient (Wildman–Crippen LogP) is 1.46. The van der Waals surface area contributed by atoms with Gasteiger partial charge in [0.05, 0.1) is 12.6 Å². The number of para-hydroxylation sites is 1. The molecule has 0 aliphatic rings. The highest BCUT2D eigenvalue weighted by atomic mass is 16.7. The molecule has 0 amide bonds. The molecule has 0 bridgehead atoms. The fraction of sp³-hybridized carbons (Fsp3) is 0.600. The van der Waals surface area contributed by atoms with E-state index in [-0.39, 0.29) is 0 Å². The van der Waals surface area contributed by atoms with Gasteiger partial charge in [-0.25, -0.2) is 0 Å². The van der Waals surface area contributed by atoms with Crippen LogP contribution in [0.5, 0.6) is 5.75 Å². The lowest BCUT2D eigenvalue weighted by Gasteiger charge is -2.42. The van der Waals surface area contributed by atoms with Crippen molar-refractivity contribution in [1.29, 1.82) is 0 Å². The van der Waals surface area contributed by atoms with Gasteiger partial charge in [0.15, 0.2) is 6.29 Å². The number of benzene rings is 1. The second-order valence-electron chi connectivity index (χ2n) is 5.03. The Morgan fingerprint density at radius 2 is 1.80 bits per heavy atom. The lowest BCUT2D eigenvalue weighted by molar-refractivity contribution is -0.178. The summed E-state index contributed by atoms with van der Waals surface area (Å²) in [7, 11) is 6.93. The second-order valence-corrected chi connectivity index (χ2v) is 5.03. The molecule has 20 heavy (non-hydrogen) atoms. The number of nitrogens with zero attached hydrogens (tertiary/aromatic N) is 1. The minimum absolute atomic E-state index is 0.396. The van der Waals surface area contributed by atoms with Crippen LogP contribution in [0.25, 0.3) is 0 Å². The first-order valence-corrected chi connectivity index (χ1v) is 6.62. The summed E-state index contributed by atoms with van der Waals surface area (Å²) < 4.78 is 16.2. The molecule has 1 atom stereocenters. The zero-order chi connectivity index (χ0) is 15.2. The van der Waals surface area contributed by atoms with Crippen molar-refractivity contribution >= 4 is 0 Å². The van der Waals surface area contributed by atoms with E-state index in [1.54, 1.807) is 21.3 Å². The Morgan fingerprint density at radius 3 is 2.30 bits per heavy atom. The van der Waals surface area contributed by atoms with E-state index in [2.05, 4.69) is 4.90 Å². The van der Waals surface area contributed by atoms with Crippen LogP contribution in [-0.2, 0) is 16.0 Å². The van der Waals surface area contributed by atoms with Crippen molar-refractivity contribution < 1.29 is 14.2 Å². The zero-order valence-corrected chi connectivity index (χ0v) is 13.1. The largest absolute Gasteiger partial charge is 0.496 e. The molecule has 0 aliphatic heterocycles. The summed E-state index contributed by atoms with van der Waals surface area (Å²) in [5.74, 6) is 0.866. The average Bonchev–Trinajstić information content (AvgIpc) is 2.48. The number of hydrogen-bond donors (Lipinski definition) is 1. The Balaban J connectivity index is 2.94. The summed E-state index contributed by atoms with van der Waals surface area (Å²) in [6.07, 6.45) is -0.396. The van der Waals surface area contributed by atoms with Crippen LogP contribution < -0.4 is 10.5 Å². The third-order valence-corrected chi connectivity index (χ3v) is 3.82. The fourth-order valence-corrected chi connectivity index (χ4v) is 2.31. The first-order valence-electron chi connectivity index (χ1n) is 6.62. The van der Waals surface area contributed by atoms with Crippen molar-refractivity contribution in [3.05, 3.63) is 29.8 Å². The summed E-state index contributed by atoms with van der Waals surface area (Å²) in [5.41, 5.74) is 6.63. The number of methoxy groups -OCH3 is 3. The number of hydrogen-bond acceptors (Lipinski definition) is 5. The average molecular weight is 282 g/mol. The zero-order valence-electron chi connectivity index (χ0n) is 13.1. The SMILES string of the molecule is COc1ccccc1CN(C)C(C)(CN)C(OC)OC. The molecule has 5 heteroatoms. The van der Waals surface area contributed by atoms with Crippen molar-refractivity contribution in [2.24, 2.45) is 5.73 Å². The van der Waals surface area contributed by atoms with E-state index >= 15 is 0 Å². The van der Waals surface area contributed by atoms with Gasteiger partial charge in [-0.05, 0) is 20.0 Å². The molecule has 0 radical (unpaired) electrons. The molecule has 5 nitrogen and oxygen atoms in total. The first-order chi connectivity index (χ1) is 9.53. The Kier molecular flexibility index (Phi) is 6.42. The smallest absolute Gasteiger partial charge is 0.176 e. The molecule has 0 spiro atoms. The maximum Gasteiger partial charge on any atom is 0.176 e. The van der Waals surface area contributed by atoms with Gasteiger partial charge in [0, 0.05) is 32.9 Å². The molecule has 0 saturated heterocycles. The molecule has 0 saturated carbocycles. The molecule has 0 aromatic heterocycles. The number of nitrogens with two attached hydrogens (primary N) is 1. The van der Waals surface area contributed by atoms with Gasteiger partial charge in [0.2, 0.25) is 0 Å². The summed E-state index contributed by atoms with van der Waals surface area (Å²) in [6, 6.07) is 7.95. The Bertz CT molecular complexity index is 410. The molecule has 1 unspecified atom stereocenters. The standard InChI is InChI=1S/C15H26N2O3/c1-15(11-16,14(19-4)20-5)17(2)10-12-8-6-7-9-13(12)18-3/h6-9,14H,10-11,16H2,1-5H3. The van der Waals surface area contributed by atoms with Gasteiger partial charge >= 0.3 is 0 Å². The fourth-order valence-electron chi connectivity index (χ4n) is 2.31. The molecule has 0 aliphatic carbocycles. The third kappa shape index (κ3) is 3.49. The molecule has 1 aromatic rings. The minimum atomic E-state index is -0.426. The van der Waals surface area contributed by atoms with Gasteiger partial charge < -0.3 is 19.9 Å². The van der Waals surface area contributed by atoms with Crippen LogP contribution in [-0.4, -0.2) is 51.7 Å². The first kappa shape index (κ1) is 16.9. The molecular formula is C15H26N2O3. The van der Waals surface area contributed by atoms with Gasteiger partial charge in [-0.1, -0.05) is 18.2 Å². The molecule has 114 valence electrons. The van der Waals surface area contributed by atoms with Gasteiger partial charge in [-0.2, -0.15) is 0 Å². The Morgan fingerprint density at radius 1 is 1.20 bits per heavy atom. The normalized spacial score (nSPS) is 14.6. The van der Waals surface area contributed by atoms with Gasteiger partial charge in [0.1, 0.15) is 5.75 Å². The second kappa shape index (κ2) is 7.59. The van der Waals surface area contributed by atoms with Gasteiger partial charge in [-0.3, -0.25) is 4.90 Å². The van der Waals surface area contributed by atoms with Crippen LogP contribution in [0.3, 0.4) is 0 Å². The van der Waals surface area contributed by atoms with E-state index in [0.717, 1.165) is 11.3 Å². The lowest BCUT2D eigenvalue weighted by atomic mass is 9.98. The highest BCUT2D eigenvalue weighted by Crippen LogP contribution is 2.25. The summed E-state index contributed by atoms with van der Waals surface area (Å²) in [6.45, 7) is 3.14. The summed E-state index contributed by atoms with van der Waals surface area (Å²) in [5, 5.41) is 0. The van der Waals surface area contributed by atoms with Crippen molar-refractivity contribution in [2.45, 2.75) is 25.3 Å². The van der Waals surface area contributed by atoms with Gasteiger partial charge in [-0.15, -0.1) is 0 Å². The van der Waals surface area contributed by atoms with Crippen molar-refractivity contribution in [2.75, 3.05) is 34.9 Å². The topological polar surface area (TPSA) is 57.0 Å². The van der Waals surface area contributed by atoms with E-state index in [0.29, 0.717) is 13.1 Å². The maximum absolute atomic E-state index is 5.95. The van der Waals surface area contributed by atoms with Crippen LogP contribution in [0.1, 0.15) is 12.5 Å². The quantitative estimate of drug-likeness (QED) is 0.732. The lowest BCUT2D eigenvalue weighted by Crippen LogP contribution is -2.58. The van der Waals surface area contributed by atoms with Crippen LogP contribution in [0.4, 0.5) is 0 Å². The summed E-state index contributed by atoms with van der Waals surface area (Å²) >= 11 is 0. The highest BCUT2D eigenvalue weighted by Gasteiger charge is 2.37. The Hall–Kier alpha value is -1.14. The summed E-state index contributed by atoms with van der Waals surface area (Å²) in [4.78, 5) is 2.13. The molecule has 2 N–H and O–H groups in total. The molecule has 0 heterocycles. The van der Waals surface area contributed by atoms with E-state index in [4.69, 9.17) is 19.9 Å².